The van der Waals surface area contributed by atoms with Crippen molar-refractivity contribution >= 4 is 21.5 Å². The van der Waals surface area contributed by atoms with Crippen LogP contribution < -0.4 is 10.5 Å². The van der Waals surface area contributed by atoms with Crippen LogP contribution in [0.1, 0.15) is 12.5 Å². The quantitative estimate of drug-likeness (QED) is 0.805. The maximum atomic E-state index is 11.5. The number of nitrogens with two attached hydrogens (primary N) is 1. The number of hydrogen-bond acceptors (Lipinski definition) is 5. The van der Waals surface area contributed by atoms with Gasteiger partial charge in [-0.2, -0.15) is 5.26 Å². The number of sulfonamides is 1. The highest BCUT2D eigenvalue weighted by Crippen LogP contribution is 2.15. The monoisotopic (exact) mass is 240 g/mol. The van der Waals surface area contributed by atoms with E-state index in [9.17, 15) is 8.42 Å². The fourth-order valence-corrected chi connectivity index (χ4v) is 1.64. The molecule has 1 unspecified atom stereocenters. The van der Waals surface area contributed by atoms with Crippen molar-refractivity contribution in [1.29, 1.82) is 5.26 Å². The number of nitrogen functional groups attached to an aromatic ring is 1. The Hall–Kier alpha value is -1.81. The van der Waals surface area contributed by atoms with E-state index >= 15 is 0 Å². The number of aryl methyl sites for hydroxylation is 1. The molecule has 16 heavy (non-hydrogen) atoms. The molecule has 0 amide bonds. The third-order valence-corrected chi connectivity index (χ3v) is 3.58. The van der Waals surface area contributed by atoms with Crippen molar-refractivity contribution in [3.05, 3.63) is 17.8 Å². The summed E-state index contributed by atoms with van der Waals surface area (Å²) in [6.45, 7) is 3.04. The Balaban J connectivity index is 2.98. The molecular weight excluding hydrogens is 228 g/mol. The van der Waals surface area contributed by atoms with E-state index in [1.54, 1.807) is 13.0 Å². The van der Waals surface area contributed by atoms with Crippen LogP contribution in [0, 0.1) is 18.3 Å². The first kappa shape index (κ1) is 12.3. The minimum atomic E-state index is -3.71. The first-order valence-electron chi connectivity index (χ1n) is 4.50. The Kier molecular flexibility index (Phi) is 3.34. The molecule has 1 atom stereocenters. The lowest BCUT2D eigenvalue weighted by atomic mass is 10.2. The van der Waals surface area contributed by atoms with Crippen LogP contribution in [-0.2, 0) is 10.0 Å². The zero-order valence-corrected chi connectivity index (χ0v) is 9.75. The average Bonchev–Trinajstić information content (AvgIpc) is 2.22. The van der Waals surface area contributed by atoms with Gasteiger partial charge in [0, 0.05) is 0 Å². The summed E-state index contributed by atoms with van der Waals surface area (Å²) in [5.41, 5.74) is 6.75. The Morgan fingerprint density at radius 3 is 2.75 bits per heavy atom. The van der Waals surface area contributed by atoms with Gasteiger partial charge in [-0.1, -0.05) is 0 Å². The number of hydrogen-bond donors (Lipinski definition) is 2. The molecule has 0 radical (unpaired) electrons. The second-order valence-corrected chi connectivity index (χ2v) is 5.35. The van der Waals surface area contributed by atoms with E-state index < -0.39 is 15.3 Å². The lowest BCUT2D eigenvalue weighted by Crippen LogP contribution is -2.24. The second-order valence-electron chi connectivity index (χ2n) is 3.34. The molecule has 0 aliphatic heterocycles. The number of anilines is 2. The standard InChI is InChI=1S/C9H12N4O2S/c1-6-3-9(12-5-8(6)11)13-16(14,15)7(2)4-10/h3,5,7H,11H2,1-2H3,(H,12,13). The van der Waals surface area contributed by atoms with Gasteiger partial charge in [-0.05, 0) is 25.5 Å². The number of nitrogens with zero attached hydrogens (tertiary/aromatic N) is 2. The van der Waals surface area contributed by atoms with Gasteiger partial charge >= 0.3 is 0 Å². The third kappa shape index (κ3) is 2.61. The smallest absolute Gasteiger partial charge is 0.250 e. The number of aromatic nitrogens is 1. The predicted molar refractivity (Wildman–Crippen MR) is 61.0 cm³/mol. The Bertz CT molecular complexity index is 533. The van der Waals surface area contributed by atoms with Crippen molar-refractivity contribution in [2.24, 2.45) is 0 Å². The summed E-state index contributed by atoms with van der Waals surface area (Å²) >= 11 is 0. The van der Waals surface area contributed by atoms with E-state index in [0.717, 1.165) is 5.56 Å². The van der Waals surface area contributed by atoms with Crippen LogP contribution >= 0.6 is 0 Å². The largest absolute Gasteiger partial charge is 0.397 e. The van der Waals surface area contributed by atoms with Gasteiger partial charge in [0.05, 0.1) is 18.0 Å². The van der Waals surface area contributed by atoms with Crippen LogP contribution in [-0.4, -0.2) is 18.7 Å². The maximum absolute atomic E-state index is 11.5. The van der Waals surface area contributed by atoms with Crippen LogP contribution in [0.3, 0.4) is 0 Å². The highest BCUT2D eigenvalue weighted by molar-refractivity contribution is 7.93. The summed E-state index contributed by atoms with van der Waals surface area (Å²) in [7, 11) is -3.71. The van der Waals surface area contributed by atoms with E-state index in [2.05, 4.69) is 9.71 Å². The van der Waals surface area contributed by atoms with Crippen molar-refractivity contribution in [3.8, 4) is 6.07 Å². The van der Waals surface area contributed by atoms with Crippen molar-refractivity contribution in [3.63, 3.8) is 0 Å². The first-order chi connectivity index (χ1) is 7.36. The molecular formula is C9H12N4O2S. The first-order valence-corrected chi connectivity index (χ1v) is 6.05. The summed E-state index contributed by atoms with van der Waals surface area (Å²) in [4.78, 5) is 3.82. The van der Waals surface area contributed by atoms with Crippen LogP contribution in [0.2, 0.25) is 0 Å². The van der Waals surface area contributed by atoms with Crippen LogP contribution in [0.15, 0.2) is 12.3 Å². The third-order valence-electron chi connectivity index (χ3n) is 2.05. The molecule has 1 heterocycles. The number of pyridine rings is 1. The van der Waals surface area contributed by atoms with Gasteiger partial charge in [-0.15, -0.1) is 0 Å². The zero-order chi connectivity index (χ0) is 12.3. The fraction of sp³-hybridized carbons (Fsp3) is 0.333. The van der Waals surface area contributed by atoms with Crippen molar-refractivity contribution in [2.75, 3.05) is 10.5 Å². The molecule has 1 rings (SSSR count). The Morgan fingerprint density at radius 1 is 1.62 bits per heavy atom. The zero-order valence-electron chi connectivity index (χ0n) is 8.93. The molecule has 0 saturated carbocycles. The van der Waals surface area contributed by atoms with Gasteiger partial charge in [0.2, 0.25) is 10.0 Å². The lowest BCUT2D eigenvalue weighted by Gasteiger charge is -2.09. The minimum Gasteiger partial charge on any atom is -0.397 e. The molecule has 0 aromatic carbocycles. The molecule has 1 aromatic rings. The highest BCUT2D eigenvalue weighted by Gasteiger charge is 2.20. The number of nitrogens with one attached hydrogen (secondary N) is 1. The maximum Gasteiger partial charge on any atom is 0.250 e. The molecule has 7 heteroatoms. The summed E-state index contributed by atoms with van der Waals surface area (Å²) < 4.78 is 25.3. The molecule has 86 valence electrons. The highest BCUT2D eigenvalue weighted by atomic mass is 32.2. The van der Waals surface area contributed by atoms with Gasteiger partial charge < -0.3 is 5.73 Å². The van der Waals surface area contributed by atoms with Crippen molar-refractivity contribution in [2.45, 2.75) is 19.1 Å². The van der Waals surface area contributed by atoms with Crippen molar-refractivity contribution < 1.29 is 8.42 Å². The van der Waals surface area contributed by atoms with Crippen LogP contribution in [0.5, 0.6) is 0 Å². The molecule has 0 aliphatic rings. The average molecular weight is 240 g/mol. The summed E-state index contributed by atoms with van der Waals surface area (Å²) in [6, 6.07) is 3.16. The van der Waals surface area contributed by atoms with Gasteiger partial charge in [0.25, 0.3) is 0 Å². The molecule has 0 aliphatic carbocycles. The second kappa shape index (κ2) is 4.37. The minimum absolute atomic E-state index is 0.161. The molecule has 0 fully saturated rings. The van der Waals surface area contributed by atoms with Gasteiger partial charge in [-0.3, -0.25) is 4.72 Å². The summed E-state index contributed by atoms with van der Waals surface area (Å²) in [5, 5.41) is 7.41. The van der Waals surface area contributed by atoms with Gasteiger partial charge in [-0.25, -0.2) is 13.4 Å². The number of rotatable bonds is 3. The molecule has 0 saturated heterocycles. The Labute approximate surface area is 94.2 Å². The normalized spacial score (nSPS) is 12.8. The topological polar surface area (TPSA) is 109 Å². The number of nitriles is 1. The fourth-order valence-electron chi connectivity index (χ4n) is 0.926. The SMILES string of the molecule is Cc1cc(NS(=O)(=O)C(C)C#N)ncc1N. The van der Waals surface area contributed by atoms with E-state index in [-0.39, 0.29) is 5.82 Å². The van der Waals surface area contributed by atoms with E-state index in [1.807, 2.05) is 0 Å². The lowest BCUT2D eigenvalue weighted by molar-refractivity contribution is 0.597. The van der Waals surface area contributed by atoms with Crippen molar-refractivity contribution in [1.82, 2.24) is 4.98 Å². The van der Waals surface area contributed by atoms with Crippen LogP contribution in [0.25, 0.3) is 0 Å². The van der Waals surface area contributed by atoms with Gasteiger partial charge in [0.15, 0.2) is 5.25 Å². The van der Waals surface area contributed by atoms with Gasteiger partial charge in [0.1, 0.15) is 5.82 Å². The summed E-state index contributed by atoms with van der Waals surface area (Å²) in [6.07, 6.45) is 1.37. The van der Waals surface area contributed by atoms with Crippen LogP contribution in [0.4, 0.5) is 11.5 Å². The molecule has 1 aromatic heterocycles. The molecule has 0 bridgehead atoms. The molecule has 6 nitrogen and oxygen atoms in total. The van der Waals surface area contributed by atoms with E-state index in [1.165, 1.54) is 19.2 Å². The molecule has 0 spiro atoms. The summed E-state index contributed by atoms with van der Waals surface area (Å²) in [5.74, 6) is 0.161. The van der Waals surface area contributed by atoms with E-state index in [0.29, 0.717) is 5.69 Å². The predicted octanol–water partition coefficient (Wildman–Crippen LogP) is 0.626. The van der Waals surface area contributed by atoms with E-state index in [4.69, 9.17) is 11.0 Å². The molecule has 3 N–H and O–H groups in total. The Morgan fingerprint density at radius 2 is 2.25 bits per heavy atom.